The van der Waals surface area contributed by atoms with Gasteiger partial charge in [-0.05, 0) is 56.0 Å². The van der Waals surface area contributed by atoms with E-state index < -0.39 is 10.0 Å². The Kier molecular flexibility index (Phi) is 3.87. The van der Waals surface area contributed by atoms with E-state index in [2.05, 4.69) is 0 Å². The molecule has 0 saturated carbocycles. The molecule has 0 radical (unpaired) electrons. The summed E-state index contributed by atoms with van der Waals surface area (Å²) in [5, 5.41) is 0. The quantitative estimate of drug-likeness (QED) is 0.872. The molecule has 1 aliphatic rings. The molecule has 0 unspecified atom stereocenters. The maximum Gasteiger partial charge on any atom is 0.243 e. The lowest BCUT2D eigenvalue weighted by Gasteiger charge is -2.25. The van der Waals surface area contributed by atoms with E-state index >= 15 is 0 Å². The summed E-state index contributed by atoms with van der Waals surface area (Å²) in [7, 11) is -1.50. The number of aromatic nitrogens is 1. The Hall–Kier alpha value is -1.59. The van der Waals surface area contributed by atoms with Crippen molar-refractivity contribution in [1.29, 1.82) is 0 Å². The highest BCUT2D eigenvalue weighted by atomic mass is 32.2. The van der Waals surface area contributed by atoms with Gasteiger partial charge in [-0.3, -0.25) is 0 Å². The Bertz CT molecular complexity index is 793. The Morgan fingerprint density at radius 2 is 1.95 bits per heavy atom. The first kappa shape index (κ1) is 15.3. The van der Waals surface area contributed by atoms with E-state index in [9.17, 15) is 8.42 Å². The van der Waals surface area contributed by atoms with Crippen LogP contribution in [0.15, 0.2) is 41.4 Å². The maximum absolute atomic E-state index is 13.1. The first-order valence-electron chi connectivity index (χ1n) is 7.61. The van der Waals surface area contributed by atoms with Crippen LogP contribution in [0.1, 0.15) is 35.7 Å². The molecular weight excluding hydrogens is 296 g/mol. The third kappa shape index (κ3) is 2.48. The lowest BCUT2D eigenvalue weighted by atomic mass is 10.1. The molecular formula is C17H22N2O2S. The number of nitrogens with zero attached hydrogens (tertiary/aromatic N) is 2. The highest BCUT2D eigenvalue weighted by Gasteiger charge is 2.37. The molecule has 1 aliphatic heterocycles. The predicted octanol–water partition coefficient (Wildman–Crippen LogP) is 3.17. The second-order valence-electron chi connectivity index (χ2n) is 6.09. The summed E-state index contributed by atoms with van der Waals surface area (Å²) in [6, 6.07) is 9.54. The standard InChI is InChI=1S/C17H22N2O2S/c1-13-8-9-14(2)17(12-13)22(20,21)19-11-5-7-16(19)15-6-4-10-18(15)3/h4,6,8-10,12,16H,5,7,11H2,1-3H3/t16-/m1/s1. The molecule has 1 aromatic carbocycles. The molecule has 1 aromatic heterocycles. The minimum absolute atomic E-state index is 0.0649. The van der Waals surface area contributed by atoms with Crippen LogP contribution in [-0.4, -0.2) is 23.8 Å². The van der Waals surface area contributed by atoms with Crippen molar-refractivity contribution in [2.45, 2.75) is 37.6 Å². The van der Waals surface area contributed by atoms with Gasteiger partial charge in [-0.25, -0.2) is 8.42 Å². The Morgan fingerprint density at radius 3 is 2.64 bits per heavy atom. The molecule has 4 nitrogen and oxygen atoms in total. The molecule has 1 fully saturated rings. The van der Waals surface area contributed by atoms with Gasteiger partial charge in [0.15, 0.2) is 0 Å². The minimum Gasteiger partial charge on any atom is -0.353 e. The van der Waals surface area contributed by atoms with Gasteiger partial charge in [0.2, 0.25) is 10.0 Å². The summed E-state index contributed by atoms with van der Waals surface area (Å²) in [6.07, 6.45) is 3.75. The summed E-state index contributed by atoms with van der Waals surface area (Å²) in [4.78, 5) is 0.439. The smallest absolute Gasteiger partial charge is 0.243 e. The summed E-state index contributed by atoms with van der Waals surface area (Å²) < 4.78 is 30.0. The van der Waals surface area contributed by atoms with Crippen molar-refractivity contribution < 1.29 is 8.42 Å². The van der Waals surface area contributed by atoms with Gasteiger partial charge in [0.1, 0.15) is 0 Å². The summed E-state index contributed by atoms with van der Waals surface area (Å²) in [6.45, 7) is 4.38. The third-order valence-electron chi connectivity index (χ3n) is 4.46. The van der Waals surface area contributed by atoms with Crippen LogP contribution in [0.25, 0.3) is 0 Å². The molecule has 0 N–H and O–H groups in total. The van der Waals surface area contributed by atoms with Gasteiger partial charge >= 0.3 is 0 Å². The molecule has 118 valence electrons. The molecule has 3 rings (SSSR count). The van der Waals surface area contributed by atoms with Gasteiger partial charge in [-0.1, -0.05) is 12.1 Å². The van der Waals surface area contributed by atoms with Crippen LogP contribution < -0.4 is 0 Å². The first-order valence-corrected chi connectivity index (χ1v) is 9.05. The van der Waals surface area contributed by atoms with E-state index in [-0.39, 0.29) is 6.04 Å². The molecule has 1 atom stereocenters. The van der Waals surface area contributed by atoms with Crippen molar-refractivity contribution in [2.75, 3.05) is 6.54 Å². The molecule has 0 amide bonds. The van der Waals surface area contributed by atoms with Crippen molar-refractivity contribution in [2.24, 2.45) is 7.05 Å². The lowest BCUT2D eigenvalue weighted by molar-refractivity contribution is 0.384. The Labute approximate surface area is 132 Å². The van der Waals surface area contributed by atoms with Crippen LogP contribution in [0, 0.1) is 13.8 Å². The fourth-order valence-electron chi connectivity index (χ4n) is 3.26. The van der Waals surface area contributed by atoms with E-state index in [4.69, 9.17) is 0 Å². The molecule has 0 bridgehead atoms. The second kappa shape index (κ2) is 5.56. The monoisotopic (exact) mass is 318 g/mol. The zero-order valence-corrected chi connectivity index (χ0v) is 14.1. The van der Waals surface area contributed by atoms with Gasteiger partial charge in [-0.15, -0.1) is 0 Å². The number of aryl methyl sites for hydroxylation is 3. The topological polar surface area (TPSA) is 42.3 Å². The van der Waals surface area contributed by atoms with Crippen LogP contribution in [0.4, 0.5) is 0 Å². The van der Waals surface area contributed by atoms with Crippen LogP contribution in [0.2, 0.25) is 0 Å². The number of sulfonamides is 1. The SMILES string of the molecule is Cc1ccc(C)c(S(=O)(=O)N2CCC[C@@H]2c2cccn2C)c1. The van der Waals surface area contributed by atoms with Gasteiger partial charge in [0.25, 0.3) is 0 Å². The summed E-state index contributed by atoms with van der Waals surface area (Å²) >= 11 is 0. The lowest BCUT2D eigenvalue weighted by Crippen LogP contribution is -2.32. The molecule has 2 heterocycles. The van der Waals surface area contributed by atoms with Crippen molar-refractivity contribution in [3.8, 4) is 0 Å². The number of hydrogen-bond donors (Lipinski definition) is 0. The predicted molar refractivity (Wildman–Crippen MR) is 87.2 cm³/mol. The van der Waals surface area contributed by atoms with Gasteiger partial charge in [0, 0.05) is 25.5 Å². The summed E-state index contributed by atoms with van der Waals surface area (Å²) in [5.74, 6) is 0. The van der Waals surface area contributed by atoms with Gasteiger partial charge < -0.3 is 4.57 Å². The van der Waals surface area contributed by atoms with Crippen molar-refractivity contribution in [1.82, 2.24) is 8.87 Å². The van der Waals surface area contributed by atoms with Gasteiger partial charge in [0.05, 0.1) is 10.9 Å². The average Bonchev–Trinajstić information content (AvgIpc) is 3.09. The van der Waals surface area contributed by atoms with Crippen molar-refractivity contribution in [3.05, 3.63) is 53.3 Å². The molecule has 0 spiro atoms. The van der Waals surface area contributed by atoms with E-state index in [0.29, 0.717) is 11.4 Å². The molecule has 0 aliphatic carbocycles. The number of rotatable bonds is 3. The van der Waals surface area contributed by atoms with E-state index in [0.717, 1.165) is 29.7 Å². The molecule has 2 aromatic rings. The summed E-state index contributed by atoms with van der Waals surface area (Å²) in [5.41, 5.74) is 2.84. The zero-order chi connectivity index (χ0) is 15.9. The first-order chi connectivity index (χ1) is 10.4. The van der Waals surface area contributed by atoms with Crippen LogP contribution in [0.5, 0.6) is 0 Å². The van der Waals surface area contributed by atoms with Crippen LogP contribution in [0.3, 0.4) is 0 Å². The second-order valence-corrected chi connectivity index (χ2v) is 7.95. The van der Waals surface area contributed by atoms with E-state index in [1.807, 2.05) is 55.9 Å². The van der Waals surface area contributed by atoms with Crippen LogP contribution >= 0.6 is 0 Å². The highest BCUT2D eigenvalue weighted by Crippen LogP contribution is 2.37. The largest absolute Gasteiger partial charge is 0.353 e. The number of benzene rings is 1. The highest BCUT2D eigenvalue weighted by molar-refractivity contribution is 7.89. The number of hydrogen-bond acceptors (Lipinski definition) is 2. The van der Waals surface area contributed by atoms with E-state index in [1.165, 1.54) is 0 Å². The zero-order valence-electron chi connectivity index (χ0n) is 13.3. The minimum atomic E-state index is -3.46. The van der Waals surface area contributed by atoms with E-state index in [1.54, 1.807) is 10.4 Å². The Balaban J connectivity index is 2.05. The Morgan fingerprint density at radius 1 is 1.18 bits per heavy atom. The normalized spacial score (nSPS) is 19.7. The van der Waals surface area contributed by atoms with Crippen molar-refractivity contribution in [3.63, 3.8) is 0 Å². The van der Waals surface area contributed by atoms with Gasteiger partial charge in [-0.2, -0.15) is 4.31 Å². The maximum atomic E-state index is 13.1. The fraction of sp³-hybridized carbons (Fsp3) is 0.412. The average molecular weight is 318 g/mol. The van der Waals surface area contributed by atoms with Crippen LogP contribution in [-0.2, 0) is 17.1 Å². The molecule has 5 heteroatoms. The third-order valence-corrected chi connectivity index (χ3v) is 6.51. The molecule has 22 heavy (non-hydrogen) atoms. The van der Waals surface area contributed by atoms with Crippen molar-refractivity contribution >= 4 is 10.0 Å². The fourth-order valence-corrected chi connectivity index (χ4v) is 5.24. The molecule has 1 saturated heterocycles.